The number of carbonyl (C=O) groups excluding carboxylic acids is 1. The Kier molecular flexibility index (Phi) is 3.74. The molecule has 0 N–H and O–H groups in total. The lowest BCUT2D eigenvalue weighted by Crippen LogP contribution is -2.32. The van der Waals surface area contributed by atoms with E-state index in [2.05, 4.69) is 0 Å². The Hall–Kier alpha value is -2.16. The Bertz CT molecular complexity index is 641. The topological polar surface area (TPSA) is 20.3 Å². The smallest absolute Gasteiger partial charge is 0.230 e. The zero-order valence-corrected chi connectivity index (χ0v) is 12.0. The number of nitrogens with zero attached hydrogens (tertiary/aromatic N) is 1. The van der Waals surface area contributed by atoms with E-state index in [1.165, 1.54) is 6.07 Å². The van der Waals surface area contributed by atoms with Crippen LogP contribution in [0.25, 0.3) is 0 Å². The number of para-hydroxylation sites is 1. The number of benzene rings is 2. The van der Waals surface area contributed by atoms with Crippen molar-refractivity contribution in [3.63, 3.8) is 0 Å². The van der Waals surface area contributed by atoms with Crippen LogP contribution in [0.3, 0.4) is 0 Å². The van der Waals surface area contributed by atoms with Crippen molar-refractivity contribution in [2.45, 2.75) is 19.3 Å². The van der Waals surface area contributed by atoms with Gasteiger partial charge in [-0.3, -0.25) is 4.79 Å². The van der Waals surface area contributed by atoms with Crippen molar-refractivity contribution in [2.24, 2.45) is 5.92 Å². The zero-order valence-electron chi connectivity index (χ0n) is 12.0. The summed E-state index contributed by atoms with van der Waals surface area (Å²) < 4.78 is 13.8. The fourth-order valence-corrected chi connectivity index (χ4v) is 2.86. The molecule has 1 amide bonds. The van der Waals surface area contributed by atoms with Crippen molar-refractivity contribution in [1.82, 2.24) is 0 Å². The van der Waals surface area contributed by atoms with Crippen LogP contribution in [-0.4, -0.2) is 12.5 Å². The Labute approximate surface area is 124 Å². The minimum absolute atomic E-state index is 0.0245. The van der Waals surface area contributed by atoms with Crippen molar-refractivity contribution < 1.29 is 9.18 Å². The molecule has 0 aromatic heterocycles. The lowest BCUT2D eigenvalue weighted by atomic mass is 10.1. The van der Waals surface area contributed by atoms with Crippen molar-refractivity contribution in [2.75, 3.05) is 11.4 Å². The molecule has 3 rings (SSSR count). The highest BCUT2D eigenvalue weighted by Gasteiger charge is 2.46. The number of hydrogen-bond acceptors (Lipinski definition) is 1. The third-order valence-electron chi connectivity index (χ3n) is 4.06. The number of halogens is 1. The lowest BCUT2D eigenvalue weighted by Gasteiger charge is -2.21. The molecule has 0 bridgehead atoms. The summed E-state index contributed by atoms with van der Waals surface area (Å²) in [7, 11) is 0. The van der Waals surface area contributed by atoms with E-state index < -0.39 is 0 Å². The second-order valence-electron chi connectivity index (χ2n) is 5.39. The second kappa shape index (κ2) is 5.68. The second-order valence-corrected chi connectivity index (χ2v) is 5.39. The molecule has 0 heterocycles. The normalized spacial score (nSPS) is 20.1. The first-order valence-electron chi connectivity index (χ1n) is 7.33. The average molecular weight is 283 g/mol. The van der Waals surface area contributed by atoms with Gasteiger partial charge < -0.3 is 4.90 Å². The molecule has 2 nitrogen and oxygen atoms in total. The molecule has 2 aromatic carbocycles. The molecule has 0 aliphatic heterocycles. The van der Waals surface area contributed by atoms with Gasteiger partial charge >= 0.3 is 0 Å². The van der Waals surface area contributed by atoms with Crippen LogP contribution >= 0.6 is 0 Å². The molecule has 2 unspecified atom stereocenters. The minimum atomic E-state index is -0.208. The van der Waals surface area contributed by atoms with E-state index in [0.717, 1.165) is 12.1 Å². The molecule has 1 aliphatic rings. The maximum absolute atomic E-state index is 13.8. The van der Waals surface area contributed by atoms with Gasteiger partial charge in [0.25, 0.3) is 0 Å². The molecule has 1 fully saturated rings. The zero-order chi connectivity index (χ0) is 14.8. The third kappa shape index (κ3) is 2.68. The Morgan fingerprint density at radius 3 is 2.48 bits per heavy atom. The fraction of sp³-hybridized carbons (Fsp3) is 0.278. The molecule has 1 saturated carbocycles. The van der Waals surface area contributed by atoms with E-state index in [1.807, 2.05) is 43.3 Å². The van der Waals surface area contributed by atoms with Gasteiger partial charge in [0.05, 0.1) is 0 Å². The van der Waals surface area contributed by atoms with Crippen LogP contribution in [0, 0.1) is 11.7 Å². The van der Waals surface area contributed by atoms with E-state index in [-0.39, 0.29) is 23.6 Å². The summed E-state index contributed by atoms with van der Waals surface area (Å²) in [6.45, 7) is 2.59. The largest absolute Gasteiger partial charge is 0.312 e. The summed E-state index contributed by atoms with van der Waals surface area (Å²) in [5, 5.41) is 0. The molecule has 2 atom stereocenters. The average Bonchev–Trinajstić information content (AvgIpc) is 3.30. The molecule has 0 spiro atoms. The predicted molar refractivity (Wildman–Crippen MR) is 81.7 cm³/mol. The van der Waals surface area contributed by atoms with Crippen LogP contribution in [0.4, 0.5) is 10.1 Å². The van der Waals surface area contributed by atoms with Crippen LogP contribution in [0.15, 0.2) is 54.6 Å². The highest BCUT2D eigenvalue weighted by atomic mass is 19.1. The molecular weight excluding hydrogens is 265 g/mol. The van der Waals surface area contributed by atoms with Crippen LogP contribution in [-0.2, 0) is 4.79 Å². The van der Waals surface area contributed by atoms with E-state index in [9.17, 15) is 9.18 Å². The quantitative estimate of drug-likeness (QED) is 0.831. The van der Waals surface area contributed by atoms with Gasteiger partial charge in [0.15, 0.2) is 0 Å². The number of amides is 1. The molecule has 1 aliphatic carbocycles. The van der Waals surface area contributed by atoms with Crippen LogP contribution in [0.5, 0.6) is 0 Å². The van der Waals surface area contributed by atoms with Crippen LogP contribution < -0.4 is 4.90 Å². The van der Waals surface area contributed by atoms with Gasteiger partial charge in [0.1, 0.15) is 5.82 Å². The summed E-state index contributed by atoms with van der Waals surface area (Å²) in [5.74, 6) is -0.184. The first kappa shape index (κ1) is 13.8. The molecule has 0 radical (unpaired) electrons. The van der Waals surface area contributed by atoms with Crippen molar-refractivity contribution in [1.29, 1.82) is 0 Å². The van der Waals surface area contributed by atoms with Crippen LogP contribution in [0.2, 0.25) is 0 Å². The summed E-state index contributed by atoms with van der Waals surface area (Å²) >= 11 is 0. The summed E-state index contributed by atoms with van der Waals surface area (Å²) in [6.07, 6.45) is 0.739. The van der Waals surface area contributed by atoms with E-state index >= 15 is 0 Å². The van der Waals surface area contributed by atoms with Gasteiger partial charge in [-0.1, -0.05) is 36.4 Å². The Morgan fingerprint density at radius 2 is 1.81 bits per heavy atom. The number of carbonyl (C=O) groups is 1. The lowest BCUT2D eigenvalue weighted by molar-refractivity contribution is -0.119. The first-order chi connectivity index (χ1) is 10.2. The molecule has 2 aromatic rings. The van der Waals surface area contributed by atoms with Gasteiger partial charge in [0.2, 0.25) is 5.91 Å². The standard InChI is InChI=1S/C18H18FNO/c1-2-20(13-8-4-3-5-9-13)18(21)16-12-15(16)14-10-6-7-11-17(14)19/h3-11,15-16H,2,12H2,1H3. The number of anilines is 1. The highest BCUT2D eigenvalue weighted by Crippen LogP contribution is 2.49. The molecule has 3 heteroatoms. The van der Waals surface area contributed by atoms with Gasteiger partial charge in [-0.15, -0.1) is 0 Å². The Balaban J connectivity index is 1.77. The minimum Gasteiger partial charge on any atom is -0.312 e. The summed E-state index contributed by atoms with van der Waals surface area (Å²) in [4.78, 5) is 14.4. The van der Waals surface area contributed by atoms with Gasteiger partial charge in [0, 0.05) is 18.2 Å². The summed E-state index contributed by atoms with van der Waals surface area (Å²) in [6, 6.07) is 16.4. The fourth-order valence-electron chi connectivity index (χ4n) is 2.86. The van der Waals surface area contributed by atoms with E-state index in [1.54, 1.807) is 17.0 Å². The number of rotatable bonds is 4. The molecule has 108 valence electrons. The first-order valence-corrected chi connectivity index (χ1v) is 7.33. The monoisotopic (exact) mass is 283 g/mol. The third-order valence-corrected chi connectivity index (χ3v) is 4.06. The van der Waals surface area contributed by atoms with Crippen LogP contribution in [0.1, 0.15) is 24.8 Å². The van der Waals surface area contributed by atoms with Gasteiger partial charge in [-0.2, -0.15) is 0 Å². The SMILES string of the molecule is CCN(C(=O)C1CC1c1ccccc1F)c1ccccc1. The Morgan fingerprint density at radius 1 is 1.14 bits per heavy atom. The maximum Gasteiger partial charge on any atom is 0.230 e. The van der Waals surface area contributed by atoms with E-state index in [0.29, 0.717) is 12.1 Å². The van der Waals surface area contributed by atoms with Gasteiger partial charge in [-0.05, 0) is 43.0 Å². The molecular formula is C18H18FNO. The van der Waals surface area contributed by atoms with E-state index in [4.69, 9.17) is 0 Å². The molecule has 21 heavy (non-hydrogen) atoms. The predicted octanol–water partition coefficient (Wildman–Crippen LogP) is 3.98. The van der Waals surface area contributed by atoms with Crippen molar-refractivity contribution in [3.05, 3.63) is 66.0 Å². The van der Waals surface area contributed by atoms with Crippen molar-refractivity contribution >= 4 is 11.6 Å². The number of hydrogen-bond donors (Lipinski definition) is 0. The van der Waals surface area contributed by atoms with Gasteiger partial charge in [-0.25, -0.2) is 4.39 Å². The maximum atomic E-state index is 13.8. The summed E-state index contributed by atoms with van der Waals surface area (Å²) in [5.41, 5.74) is 1.57. The van der Waals surface area contributed by atoms with Crippen molar-refractivity contribution in [3.8, 4) is 0 Å². The molecule has 0 saturated heterocycles. The highest BCUT2D eigenvalue weighted by molar-refractivity contribution is 5.97.